The van der Waals surface area contributed by atoms with Gasteiger partial charge in [-0.25, -0.2) is 0 Å². The molecule has 0 aromatic heterocycles. The van der Waals surface area contributed by atoms with Gasteiger partial charge in [0, 0.05) is 0 Å². The second-order valence-electron chi connectivity index (χ2n) is 4.80. The molecule has 0 N–H and O–H groups in total. The summed E-state index contributed by atoms with van der Waals surface area (Å²) in [5, 5.41) is 0. The molecule has 0 heterocycles. The molecule has 0 aromatic rings. The summed E-state index contributed by atoms with van der Waals surface area (Å²) in [6.07, 6.45) is 13.5. The molecule has 0 nitrogen and oxygen atoms in total. The van der Waals surface area contributed by atoms with Crippen LogP contribution in [0.1, 0.15) is 32.6 Å². The fraction of sp³-hybridized carbons (Fsp3) is 0.571. The summed E-state index contributed by atoms with van der Waals surface area (Å²) < 4.78 is 0. The topological polar surface area (TPSA) is 0 Å². The molecule has 0 aliphatic rings. The fourth-order valence-electron chi connectivity index (χ4n) is 1.05. The average Bonchev–Trinajstić information content (AvgIpc) is 2.14. The minimum atomic E-state index is -1.18. The van der Waals surface area contributed by atoms with Gasteiger partial charge in [0.15, 0.2) is 0 Å². The van der Waals surface area contributed by atoms with Crippen LogP contribution in [0, 0.1) is 11.5 Å². The summed E-state index contributed by atoms with van der Waals surface area (Å²) in [4.78, 5) is 0. The zero-order valence-electron chi connectivity index (χ0n) is 10.6. The monoisotopic (exact) mass is 220 g/mol. The molecule has 0 aliphatic carbocycles. The standard InChI is InChI=1S/C14H24Si/c1-5-6-7-8-9-10-11-12-13-14-15(2,3)4/h9-12H,5-8H2,1-4H3/b10-9+,12-11+. The van der Waals surface area contributed by atoms with Crippen LogP contribution in [0.25, 0.3) is 0 Å². The molecule has 0 amide bonds. The summed E-state index contributed by atoms with van der Waals surface area (Å²) in [5.74, 6) is 3.11. The van der Waals surface area contributed by atoms with Crippen molar-refractivity contribution >= 4 is 8.07 Å². The van der Waals surface area contributed by atoms with Crippen LogP contribution >= 0.6 is 0 Å². The van der Waals surface area contributed by atoms with E-state index in [1.54, 1.807) is 0 Å². The summed E-state index contributed by atoms with van der Waals surface area (Å²) in [6, 6.07) is 0. The molecule has 84 valence electrons. The van der Waals surface area contributed by atoms with Crippen LogP contribution in [-0.4, -0.2) is 8.07 Å². The van der Waals surface area contributed by atoms with Crippen molar-refractivity contribution in [1.82, 2.24) is 0 Å². The number of unbranched alkanes of at least 4 members (excludes halogenated alkanes) is 3. The van der Waals surface area contributed by atoms with Crippen molar-refractivity contribution in [3.8, 4) is 11.5 Å². The van der Waals surface area contributed by atoms with Crippen molar-refractivity contribution in [3.05, 3.63) is 24.3 Å². The van der Waals surface area contributed by atoms with Gasteiger partial charge in [0.2, 0.25) is 0 Å². The van der Waals surface area contributed by atoms with Gasteiger partial charge in [0.1, 0.15) is 8.07 Å². The van der Waals surface area contributed by atoms with Gasteiger partial charge in [-0.05, 0) is 18.9 Å². The third-order valence-electron chi connectivity index (χ3n) is 1.85. The Kier molecular flexibility index (Phi) is 8.13. The number of rotatable bonds is 5. The molecule has 0 saturated carbocycles. The summed E-state index contributed by atoms with van der Waals surface area (Å²) in [6.45, 7) is 9.01. The van der Waals surface area contributed by atoms with Gasteiger partial charge in [-0.1, -0.05) is 63.6 Å². The van der Waals surface area contributed by atoms with Crippen molar-refractivity contribution in [2.24, 2.45) is 0 Å². The Bertz CT molecular complexity index is 255. The van der Waals surface area contributed by atoms with Crippen LogP contribution in [0.5, 0.6) is 0 Å². The van der Waals surface area contributed by atoms with E-state index in [1.807, 2.05) is 12.2 Å². The van der Waals surface area contributed by atoms with Gasteiger partial charge in [0.05, 0.1) is 0 Å². The van der Waals surface area contributed by atoms with Gasteiger partial charge >= 0.3 is 0 Å². The highest BCUT2D eigenvalue weighted by Crippen LogP contribution is 1.99. The predicted octanol–water partition coefficient (Wildman–Crippen LogP) is 4.56. The smallest absolute Gasteiger partial charge is 0.127 e. The Balaban J connectivity index is 3.65. The zero-order chi connectivity index (χ0) is 11.6. The molecular formula is C14H24Si. The Morgan fingerprint density at radius 2 is 1.80 bits per heavy atom. The van der Waals surface area contributed by atoms with E-state index in [1.165, 1.54) is 25.7 Å². The molecule has 0 aliphatic heterocycles. The Labute approximate surface area is 96.5 Å². The lowest BCUT2D eigenvalue weighted by Crippen LogP contribution is -2.16. The maximum atomic E-state index is 3.30. The third-order valence-corrected chi connectivity index (χ3v) is 2.74. The molecule has 0 rings (SSSR count). The van der Waals surface area contributed by atoms with E-state index in [9.17, 15) is 0 Å². The molecule has 1 heteroatoms. The minimum Gasteiger partial charge on any atom is -0.127 e. The highest BCUT2D eigenvalue weighted by Gasteiger charge is 2.06. The molecular weight excluding hydrogens is 196 g/mol. The predicted molar refractivity (Wildman–Crippen MR) is 73.5 cm³/mol. The average molecular weight is 220 g/mol. The van der Waals surface area contributed by atoms with Crippen LogP contribution in [0.4, 0.5) is 0 Å². The minimum absolute atomic E-state index is 1.18. The first-order valence-corrected chi connectivity index (χ1v) is 9.40. The van der Waals surface area contributed by atoms with Gasteiger partial charge in [0.25, 0.3) is 0 Å². The number of hydrogen-bond acceptors (Lipinski definition) is 0. The van der Waals surface area contributed by atoms with E-state index < -0.39 is 8.07 Å². The lowest BCUT2D eigenvalue weighted by molar-refractivity contribution is 0.729. The van der Waals surface area contributed by atoms with Gasteiger partial charge in [-0.2, -0.15) is 0 Å². The van der Waals surface area contributed by atoms with Crippen LogP contribution in [-0.2, 0) is 0 Å². The van der Waals surface area contributed by atoms with E-state index in [0.717, 1.165) is 0 Å². The van der Waals surface area contributed by atoms with Crippen molar-refractivity contribution in [3.63, 3.8) is 0 Å². The van der Waals surface area contributed by atoms with E-state index in [4.69, 9.17) is 0 Å². The normalized spacial score (nSPS) is 12.0. The largest absolute Gasteiger partial charge is 0.129 e. The van der Waals surface area contributed by atoms with E-state index in [0.29, 0.717) is 0 Å². The van der Waals surface area contributed by atoms with Crippen LogP contribution < -0.4 is 0 Å². The van der Waals surface area contributed by atoms with Crippen LogP contribution in [0.15, 0.2) is 24.3 Å². The number of allylic oxidation sites excluding steroid dienone is 4. The van der Waals surface area contributed by atoms with Crippen molar-refractivity contribution in [2.75, 3.05) is 0 Å². The zero-order valence-corrected chi connectivity index (χ0v) is 11.6. The maximum absolute atomic E-state index is 3.30. The van der Waals surface area contributed by atoms with Crippen molar-refractivity contribution in [2.45, 2.75) is 52.2 Å². The van der Waals surface area contributed by atoms with Crippen molar-refractivity contribution in [1.29, 1.82) is 0 Å². The Hall–Kier alpha value is -0.743. The SMILES string of the molecule is CCCCC/C=C/C=C/C#C[Si](C)(C)C. The Morgan fingerprint density at radius 3 is 2.40 bits per heavy atom. The molecule has 0 radical (unpaired) electrons. The highest BCUT2D eigenvalue weighted by molar-refractivity contribution is 6.83. The molecule has 0 aromatic carbocycles. The second kappa shape index (κ2) is 8.56. The van der Waals surface area contributed by atoms with E-state index in [2.05, 4.69) is 50.2 Å². The van der Waals surface area contributed by atoms with Gasteiger partial charge in [-0.3, -0.25) is 0 Å². The third kappa shape index (κ3) is 13.3. The molecule has 0 bridgehead atoms. The Morgan fingerprint density at radius 1 is 1.07 bits per heavy atom. The lowest BCUT2D eigenvalue weighted by atomic mass is 10.2. The maximum Gasteiger partial charge on any atom is 0.129 e. The molecule has 0 fully saturated rings. The highest BCUT2D eigenvalue weighted by atomic mass is 28.3. The second-order valence-corrected chi connectivity index (χ2v) is 9.55. The van der Waals surface area contributed by atoms with Crippen LogP contribution in [0.2, 0.25) is 19.6 Å². The summed E-state index contributed by atoms with van der Waals surface area (Å²) in [5.41, 5.74) is 3.30. The van der Waals surface area contributed by atoms with Gasteiger partial charge in [-0.15, -0.1) is 5.54 Å². The van der Waals surface area contributed by atoms with E-state index >= 15 is 0 Å². The number of hydrogen-bond donors (Lipinski definition) is 0. The molecule has 0 spiro atoms. The first kappa shape index (κ1) is 14.3. The van der Waals surface area contributed by atoms with Crippen LogP contribution in [0.3, 0.4) is 0 Å². The molecule has 0 atom stereocenters. The molecule has 0 unspecified atom stereocenters. The summed E-state index contributed by atoms with van der Waals surface area (Å²) in [7, 11) is -1.18. The molecule has 0 saturated heterocycles. The first-order valence-electron chi connectivity index (χ1n) is 5.90. The van der Waals surface area contributed by atoms with Gasteiger partial charge < -0.3 is 0 Å². The van der Waals surface area contributed by atoms with E-state index in [-0.39, 0.29) is 0 Å². The summed E-state index contributed by atoms with van der Waals surface area (Å²) >= 11 is 0. The first-order chi connectivity index (χ1) is 7.06. The molecule has 15 heavy (non-hydrogen) atoms. The quantitative estimate of drug-likeness (QED) is 0.276. The van der Waals surface area contributed by atoms with Crippen molar-refractivity contribution < 1.29 is 0 Å². The fourth-order valence-corrected chi connectivity index (χ4v) is 1.57. The lowest BCUT2D eigenvalue weighted by Gasteiger charge is -2.01.